The molecule has 9 heteroatoms. The van der Waals surface area contributed by atoms with Gasteiger partial charge >= 0.3 is 12.1 Å². The standard InChI is InChI=1S/C17H18F3N3O2S/c18-17(19,20)13-4-2-12(3-5-13)11-22-6-1-7-23(9-8-22)16-21-10-14(26-16)15(24)25/h2-5,10H,1,6-9,11H2,(H,24,25). The van der Waals surface area contributed by atoms with E-state index in [1.807, 2.05) is 0 Å². The Morgan fingerprint density at radius 3 is 2.50 bits per heavy atom. The van der Waals surface area contributed by atoms with E-state index in [1.165, 1.54) is 18.3 Å². The minimum atomic E-state index is -4.32. The van der Waals surface area contributed by atoms with E-state index in [2.05, 4.69) is 14.8 Å². The minimum absolute atomic E-state index is 0.214. The van der Waals surface area contributed by atoms with E-state index in [0.29, 0.717) is 18.2 Å². The maximum Gasteiger partial charge on any atom is 0.416 e. The second kappa shape index (κ2) is 7.63. The molecule has 1 aliphatic heterocycles. The number of hydrogen-bond donors (Lipinski definition) is 1. The molecule has 0 radical (unpaired) electrons. The zero-order valence-electron chi connectivity index (χ0n) is 13.9. The van der Waals surface area contributed by atoms with Crippen molar-refractivity contribution < 1.29 is 23.1 Å². The molecule has 2 aromatic rings. The number of rotatable bonds is 4. The first-order valence-corrected chi connectivity index (χ1v) is 8.97. The summed E-state index contributed by atoms with van der Waals surface area (Å²) in [6, 6.07) is 5.27. The molecule has 0 aliphatic carbocycles. The van der Waals surface area contributed by atoms with Gasteiger partial charge in [0.15, 0.2) is 5.13 Å². The highest BCUT2D eigenvalue weighted by Crippen LogP contribution is 2.29. The molecule has 1 aromatic heterocycles. The van der Waals surface area contributed by atoms with Crippen LogP contribution in [0.25, 0.3) is 0 Å². The van der Waals surface area contributed by atoms with Crippen molar-refractivity contribution in [2.24, 2.45) is 0 Å². The Bertz CT molecular complexity index is 761. The molecule has 140 valence electrons. The van der Waals surface area contributed by atoms with Gasteiger partial charge in [0.2, 0.25) is 0 Å². The summed E-state index contributed by atoms with van der Waals surface area (Å²) in [6.07, 6.45) is -2.07. The number of carboxylic acids is 1. The number of aromatic carboxylic acids is 1. The molecule has 1 aliphatic rings. The highest BCUT2D eigenvalue weighted by molar-refractivity contribution is 7.17. The van der Waals surface area contributed by atoms with Gasteiger partial charge in [-0.1, -0.05) is 23.5 Å². The van der Waals surface area contributed by atoms with Crippen LogP contribution in [0.3, 0.4) is 0 Å². The molecular weight excluding hydrogens is 367 g/mol. The highest BCUT2D eigenvalue weighted by Gasteiger charge is 2.30. The Labute approximate surface area is 152 Å². The van der Waals surface area contributed by atoms with Crippen LogP contribution in [-0.4, -0.2) is 47.1 Å². The predicted molar refractivity (Wildman–Crippen MR) is 92.6 cm³/mol. The van der Waals surface area contributed by atoms with Crippen molar-refractivity contribution in [1.82, 2.24) is 9.88 Å². The van der Waals surface area contributed by atoms with E-state index in [4.69, 9.17) is 5.11 Å². The molecule has 26 heavy (non-hydrogen) atoms. The summed E-state index contributed by atoms with van der Waals surface area (Å²) < 4.78 is 37.9. The van der Waals surface area contributed by atoms with Crippen LogP contribution in [0, 0.1) is 0 Å². The molecule has 3 rings (SSSR count). The molecule has 2 heterocycles. The van der Waals surface area contributed by atoms with Crippen molar-refractivity contribution in [1.29, 1.82) is 0 Å². The van der Waals surface area contributed by atoms with Crippen molar-refractivity contribution in [3.63, 3.8) is 0 Å². The van der Waals surface area contributed by atoms with Crippen molar-refractivity contribution in [2.75, 3.05) is 31.1 Å². The average Bonchev–Trinajstić information content (AvgIpc) is 2.97. The van der Waals surface area contributed by atoms with Gasteiger partial charge in [-0.15, -0.1) is 0 Å². The van der Waals surface area contributed by atoms with Crippen LogP contribution >= 0.6 is 11.3 Å². The van der Waals surface area contributed by atoms with Crippen LogP contribution in [0.2, 0.25) is 0 Å². The number of halogens is 3. The van der Waals surface area contributed by atoms with Crippen molar-refractivity contribution in [3.8, 4) is 0 Å². The van der Waals surface area contributed by atoms with Crippen molar-refractivity contribution in [2.45, 2.75) is 19.1 Å². The predicted octanol–water partition coefficient (Wildman–Crippen LogP) is 3.57. The van der Waals surface area contributed by atoms with E-state index >= 15 is 0 Å². The van der Waals surface area contributed by atoms with Gasteiger partial charge in [-0.05, 0) is 24.1 Å². The van der Waals surface area contributed by atoms with Gasteiger partial charge in [0.25, 0.3) is 0 Å². The first-order valence-electron chi connectivity index (χ1n) is 8.15. The zero-order valence-corrected chi connectivity index (χ0v) is 14.7. The third-order valence-corrected chi connectivity index (χ3v) is 5.30. The molecule has 1 saturated heterocycles. The Hall–Kier alpha value is -2.13. The quantitative estimate of drug-likeness (QED) is 0.872. The van der Waals surface area contributed by atoms with E-state index < -0.39 is 17.7 Å². The maximum absolute atomic E-state index is 12.6. The number of alkyl halides is 3. The topological polar surface area (TPSA) is 56.7 Å². The minimum Gasteiger partial charge on any atom is -0.477 e. The second-order valence-corrected chi connectivity index (χ2v) is 7.13. The summed E-state index contributed by atoms with van der Waals surface area (Å²) in [5.41, 5.74) is 0.204. The molecule has 0 amide bonds. The SMILES string of the molecule is O=C(O)c1cnc(N2CCCN(Cc3ccc(C(F)(F)F)cc3)CC2)s1. The number of anilines is 1. The molecule has 0 saturated carbocycles. The lowest BCUT2D eigenvalue weighted by Gasteiger charge is -2.21. The molecule has 1 N–H and O–H groups in total. The molecule has 5 nitrogen and oxygen atoms in total. The monoisotopic (exact) mass is 385 g/mol. The lowest BCUT2D eigenvalue weighted by atomic mass is 10.1. The Morgan fingerprint density at radius 2 is 1.88 bits per heavy atom. The molecule has 0 bridgehead atoms. The maximum atomic E-state index is 12.6. The number of thiazole rings is 1. The molecule has 1 fully saturated rings. The third-order valence-electron chi connectivity index (χ3n) is 4.25. The Morgan fingerprint density at radius 1 is 1.15 bits per heavy atom. The molecule has 0 unspecified atom stereocenters. The number of carboxylic acid groups (broad SMARTS) is 1. The van der Waals surface area contributed by atoms with Crippen LogP contribution in [0.15, 0.2) is 30.5 Å². The molecule has 0 spiro atoms. The Balaban J connectivity index is 1.59. The lowest BCUT2D eigenvalue weighted by Crippen LogP contribution is -2.30. The number of nitrogens with zero attached hydrogens (tertiary/aromatic N) is 3. The van der Waals surface area contributed by atoms with Crippen LogP contribution in [0.4, 0.5) is 18.3 Å². The number of benzene rings is 1. The second-order valence-electron chi connectivity index (χ2n) is 6.12. The van der Waals surface area contributed by atoms with Crippen LogP contribution in [-0.2, 0) is 12.7 Å². The number of aromatic nitrogens is 1. The first kappa shape index (κ1) is 18.7. The summed E-state index contributed by atoms with van der Waals surface area (Å²) in [5, 5.41) is 9.69. The van der Waals surface area contributed by atoms with Crippen LogP contribution in [0.1, 0.15) is 27.2 Å². The van der Waals surface area contributed by atoms with Gasteiger partial charge in [0.1, 0.15) is 4.88 Å². The van der Waals surface area contributed by atoms with E-state index in [9.17, 15) is 18.0 Å². The van der Waals surface area contributed by atoms with E-state index in [-0.39, 0.29) is 4.88 Å². The fraction of sp³-hybridized carbons (Fsp3) is 0.412. The molecule has 1 aromatic carbocycles. The van der Waals surface area contributed by atoms with E-state index in [0.717, 1.165) is 55.1 Å². The molecule has 0 atom stereocenters. The number of hydrogen-bond acceptors (Lipinski definition) is 5. The number of carbonyl (C=O) groups is 1. The van der Waals surface area contributed by atoms with Gasteiger partial charge in [-0.3, -0.25) is 4.90 Å². The fourth-order valence-corrected chi connectivity index (χ4v) is 3.69. The summed E-state index contributed by atoms with van der Waals surface area (Å²) in [6.45, 7) is 3.63. The lowest BCUT2D eigenvalue weighted by molar-refractivity contribution is -0.137. The highest BCUT2D eigenvalue weighted by atomic mass is 32.1. The van der Waals surface area contributed by atoms with Crippen molar-refractivity contribution in [3.05, 3.63) is 46.5 Å². The van der Waals surface area contributed by atoms with E-state index in [1.54, 1.807) is 0 Å². The third kappa shape index (κ3) is 4.53. The largest absolute Gasteiger partial charge is 0.477 e. The summed E-state index contributed by atoms with van der Waals surface area (Å²) >= 11 is 1.16. The van der Waals surface area contributed by atoms with Gasteiger partial charge < -0.3 is 10.0 Å². The Kier molecular flexibility index (Phi) is 5.47. The molecular formula is C17H18F3N3O2S. The van der Waals surface area contributed by atoms with Crippen LogP contribution < -0.4 is 4.90 Å². The van der Waals surface area contributed by atoms with Gasteiger partial charge in [-0.25, -0.2) is 9.78 Å². The average molecular weight is 385 g/mol. The van der Waals surface area contributed by atoms with Crippen molar-refractivity contribution >= 4 is 22.4 Å². The fourth-order valence-electron chi connectivity index (χ4n) is 2.89. The normalized spacial score (nSPS) is 16.5. The smallest absolute Gasteiger partial charge is 0.416 e. The summed E-state index contributed by atoms with van der Waals surface area (Å²) in [7, 11) is 0. The zero-order chi connectivity index (χ0) is 18.7. The van der Waals surface area contributed by atoms with Gasteiger partial charge in [0.05, 0.1) is 11.8 Å². The van der Waals surface area contributed by atoms with Crippen LogP contribution in [0.5, 0.6) is 0 Å². The van der Waals surface area contributed by atoms with Gasteiger partial charge in [0, 0.05) is 32.7 Å². The summed E-state index contributed by atoms with van der Waals surface area (Å²) in [5.74, 6) is -0.979. The summed E-state index contributed by atoms with van der Waals surface area (Å²) in [4.78, 5) is 19.6. The first-order chi connectivity index (χ1) is 12.3. The van der Waals surface area contributed by atoms with Gasteiger partial charge in [-0.2, -0.15) is 13.2 Å².